The maximum Gasteiger partial charge on any atom is 0.0468 e. The quantitative estimate of drug-likeness (QED) is 0.839. The second-order valence-electron chi connectivity index (χ2n) is 3.65. The Bertz CT molecular complexity index is 317. The molecule has 0 aromatic heterocycles. The highest BCUT2D eigenvalue weighted by Gasteiger charge is 2.03. The Balaban J connectivity index is 2.46. The summed E-state index contributed by atoms with van der Waals surface area (Å²) >= 11 is 11.9. The molecule has 0 aliphatic carbocycles. The van der Waals surface area contributed by atoms with Gasteiger partial charge in [0.05, 0.1) is 0 Å². The minimum atomic E-state index is 0.191. The van der Waals surface area contributed by atoms with Crippen LogP contribution in [0.5, 0.6) is 0 Å². The standard InChI is InChI=1S/C11H15Cl2NO/c1-8(7-15)5-14-6-9-4-10(12)2-3-11(9)13/h2-4,8,14-15H,5-7H2,1H3. The number of hydrogen-bond acceptors (Lipinski definition) is 2. The molecule has 1 unspecified atom stereocenters. The molecule has 1 atom stereocenters. The minimum Gasteiger partial charge on any atom is -0.396 e. The van der Waals surface area contributed by atoms with E-state index in [4.69, 9.17) is 28.3 Å². The SMILES string of the molecule is CC(CO)CNCc1cc(Cl)ccc1Cl. The van der Waals surface area contributed by atoms with E-state index in [0.29, 0.717) is 16.6 Å². The third kappa shape index (κ3) is 4.39. The Morgan fingerprint density at radius 3 is 2.80 bits per heavy atom. The topological polar surface area (TPSA) is 32.3 Å². The molecule has 15 heavy (non-hydrogen) atoms. The minimum absolute atomic E-state index is 0.191. The molecule has 0 aliphatic heterocycles. The molecule has 4 heteroatoms. The molecule has 0 amide bonds. The van der Waals surface area contributed by atoms with Crippen molar-refractivity contribution in [3.05, 3.63) is 33.8 Å². The van der Waals surface area contributed by atoms with E-state index in [-0.39, 0.29) is 12.5 Å². The Kier molecular flexibility index (Phi) is 5.40. The van der Waals surface area contributed by atoms with Crippen molar-refractivity contribution in [2.75, 3.05) is 13.2 Å². The highest BCUT2D eigenvalue weighted by molar-refractivity contribution is 6.33. The molecule has 0 heterocycles. The summed E-state index contributed by atoms with van der Waals surface area (Å²) in [4.78, 5) is 0. The van der Waals surface area contributed by atoms with Gasteiger partial charge in [0.1, 0.15) is 0 Å². The number of aliphatic hydroxyl groups excluding tert-OH is 1. The van der Waals surface area contributed by atoms with Crippen molar-refractivity contribution in [2.24, 2.45) is 5.92 Å². The number of benzene rings is 1. The van der Waals surface area contributed by atoms with Gasteiger partial charge in [-0.05, 0) is 29.7 Å². The van der Waals surface area contributed by atoms with Crippen molar-refractivity contribution in [3.8, 4) is 0 Å². The first-order valence-electron chi connectivity index (χ1n) is 4.89. The predicted molar refractivity (Wildman–Crippen MR) is 64.4 cm³/mol. The van der Waals surface area contributed by atoms with Crippen molar-refractivity contribution < 1.29 is 5.11 Å². The summed E-state index contributed by atoms with van der Waals surface area (Å²) in [5.74, 6) is 0.253. The fourth-order valence-electron chi connectivity index (χ4n) is 1.20. The molecule has 0 saturated heterocycles. The van der Waals surface area contributed by atoms with Gasteiger partial charge in [-0.15, -0.1) is 0 Å². The largest absolute Gasteiger partial charge is 0.396 e. The first-order chi connectivity index (χ1) is 7.13. The van der Waals surface area contributed by atoms with Gasteiger partial charge < -0.3 is 10.4 Å². The summed E-state index contributed by atoms with van der Waals surface area (Å²) in [6, 6.07) is 5.40. The molecule has 84 valence electrons. The van der Waals surface area contributed by atoms with Crippen LogP contribution >= 0.6 is 23.2 Å². The van der Waals surface area contributed by atoms with Crippen LogP contribution in [0.25, 0.3) is 0 Å². The lowest BCUT2D eigenvalue weighted by atomic mass is 10.2. The number of nitrogens with one attached hydrogen (secondary N) is 1. The molecule has 2 nitrogen and oxygen atoms in total. The Hall–Kier alpha value is -0.280. The highest BCUT2D eigenvalue weighted by Crippen LogP contribution is 2.20. The van der Waals surface area contributed by atoms with Crippen molar-refractivity contribution in [2.45, 2.75) is 13.5 Å². The average molecular weight is 248 g/mol. The summed E-state index contributed by atoms with van der Waals surface area (Å²) in [6.07, 6.45) is 0. The van der Waals surface area contributed by atoms with Crippen molar-refractivity contribution in [3.63, 3.8) is 0 Å². The molecule has 1 rings (SSSR count). The first kappa shape index (κ1) is 12.8. The molecule has 0 fully saturated rings. The fraction of sp³-hybridized carbons (Fsp3) is 0.455. The number of aliphatic hydroxyl groups is 1. The van der Waals surface area contributed by atoms with E-state index >= 15 is 0 Å². The van der Waals surface area contributed by atoms with E-state index in [1.54, 1.807) is 12.1 Å². The normalized spacial score (nSPS) is 12.8. The molecule has 0 aliphatic rings. The van der Waals surface area contributed by atoms with Crippen LogP contribution < -0.4 is 5.32 Å². The maximum atomic E-state index is 8.84. The summed E-state index contributed by atoms with van der Waals surface area (Å²) in [6.45, 7) is 3.60. The van der Waals surface area contributed by atoms with Crippen LogP contribution in [0.15, 0.2) is 18.2 Å². The fourth-order valence-corrected chi connectivity index (χ4v) is 1.58. The van der Waals surface area contributed by atoms with Crippen LogP contribution in [0.4, 0.5) is 0 Å². The van der Waals surface area contributed by atoms with Gasteiger partial charge in [-0.1, -0.05) is 30.1 Å². The monoisotopic (exact) mass is 247 g/mol. The molecule has 0 bridgehead atoms. The second kappa shape index (κ2) is 6.33. The van der Waals surface area contributed by atoms with Gasteiger partial charge >= 0.3 is 0 Å². The molecular weight excluding hydrogens is 233 g/mol. The third-order valence-corrected chi connectivity index (χ3v) is 2.73. The van der Waals surface area contributed by atoms with Gasteiger partial charge in [-0.2, -0.15) is 0 Å². The van der Waals surface area contributed by atoms with Crippen LogP contribution in [0.2, 0.25) is 10.0 Å². The molecule has 2 N–H and O–H groups in total. The zero-order chi connectivity index (χ0) is 11.3. The zero-order valence-corrected chi connectivity index (χ0v) is 10.1. The summed E-state index contributed by atoms with van der Waals surface area (Å²) in [5.41, 5.74) is 0.981. The summed E-state index contributed by atoms with van der Waals surface area (Å²) in [5, 5.41) is 13.5. The van der Waals surface area contributed by atoms with E-state index in [1.807, 2.05) is 13.0 Å². The average Bonchev–Trinajstić information content (AvgIpc) is 2.23. The highest BCUT2D eigenvalue weighted by atomic mass is 35.5. The van der Waals surface area contributed by atoms with E-state index in [1.165, 1.54) is 0 Å². The van der Waals surface area contributed by atoms with Gasteiger partial charge in [-0.25, -0.2) is 0 Å². The Labute approximate surface area is 100 Å². The Morgan fingerprint density at radius 1 is 1.40 bits per heavy atom. The lowest BCUT2D eigenvalue weighted by Crippen LogP contribution is -2.22. The van der Waals surface area contributed by atoms with Gasteiger partial charge in [-0.3, -0.25) is 0 Å². The number of halogens is 2. The van der Waals surface area contributed by atoms with Crippen LogP contribution in [0.3, 0.4) is 0 Å². The van der Waals surface area contributed by atoms with Crippen LogP contribution in [0.1, 0.15) is 12.5 Å². The summed E-state index contributed by atoms with van der Waals surface area (Å²) < 4.78 is 0. The van der Waals surface area contributed by atoms with Crippen molar-refractivity contribution in [1.29, 1.82) is 0 Å². The molecule has 0 spiro atoms. The van der Waals surface area contributed by atoms with Gasteiger partial charge in [0, 0.05) is 29.7 Å². The number of hydrogen-bond donors (Lipinski definition) is 2. The van der Waals surface area contributed by atoms with Gasteiger partial charge in [0.15, 0.2) is 0 Å². The third-order valence-electron chi connectivity index (χ3n) is 2.13. The smallest absolute Gasteiger partial charge is 0.0468 e. The van der Waals surface area contributed by atoms with E-state index in [2.05, 4.69) is 5.32 Å². The van der Waals surface area contributed by atoms with E-state index in [0.717, 1.165) is 12.1 Å². The molecule has 1 aromatic rings. The van der Waals surface area contributed by atoms with E-state index in [9.17, 15) is 0 Å². The Morgan fingerprint density at radius 2 is 2.13 bits per heavy atom. The lowest BCUT2D eigenvalue weighted by Gasteiger charge is -2.10. The summed E-state index contributed by atoms with van der Waals surface area (Å²) in [7, 11) is 0. The van der Waals surface area contributed by atoms with Crippen LogP contribution in [-0.2, 0) is 6.54 Å². The van der Waals surface area contributed by atoms with Crippen molar-refractivity contribution >= 4 is 23.2 Å². The molecule has 0 saturated carbocycles. The maximum absolute atomic E-state index is 8.84. The van der Waals surface area contributed by atoms with Crippen molar-refractivity contribution in [1.82, 2.24) is 5.32 Å². The molecular formula is C11H15Cl2NO. The lowest BCUT2D eigenvalue weighted by molar-refractivity contribution is 0.233. The van der Waals surface area contributed by atoms with Crippen LogP contribution in [-0.4, -0.2) is 18.3 Å². The van der Waals surface area contributed by atoms with Gasteiger partial charge in [0.25, 0.3) is 0 Å². The second-order valence-corrected chi connectivity index (χ2v) is 4.50. The zero-order valence-electron chi connectivity index (χ0n) is 8.63. The molecule has 0 radical (unpaired) electrons. The van der Waals surface area contributed by atoms with Gasteiger partial charge in [0.2, 0.25) is 0 Å². The number of rotatable bonds is 5. The van der Waals surface area contributed by atoms with Crippen LogP contribution in [0, 0.1) is 5.92 Å². The molecule has 1 aromatic carbocycles. The predicted octanol–water partition coefficient (Wildman–Crippen LogP) is 2.71. The first-order valence-corrected chi connectivity index (χ1v) is 5.64. The van der Waals surface area contributed by atoms with E-state index < -0.39 is 0 Å².